The minimum atomic E-state index is -4.19. The van der Waals surface area contributed by atoms with E-state index in [1.54, 1.807) is 13.3 Å². The van der Waals surface area contributed by atoms with Gasteiger partial charge in [0.15, 0.2) is 5.96 Å². The maximum Gasteiger partial charge on any atom is 0.390 e. The first-order valence-electron chi connectivity index (χ1n) is 7.36. The SMILES string of the molecule is CCNC(=NCc1ncc(C)c(OC)c1C)NCCC(F)(F)F.I. The molecule has 2 N–H and O–H groups in total. The third kappa shape index (κ3) is 7.54. The molecule has 1 rings (SSSR count). The average Bonchev–Trinajstić information content (AvgIpc) is 2.45. The van der Waals surface area contributed by atoms with Gasteiger partial charge in [0, 0.05) is 30.4 Å². The minimum absolute atomic E-state index is 0. The number of nitrogens with one attached hydrogen (secondary N) is 2. The van der Waals surface area contributed by atoms with Crippen LogP contribution in [-0.2, 0) is 6.54 Å². The van der Waals surface area contributed by atoms with Crippen LogP contribution in [0.1, 0.15) is 30.2 Å². The number of alkyl halides is 3. The Balaban J connectivity index is 0.00000529. The molecule has 0 radical (unpaired) electrons. The van der Waals surface area contributed by atoms with Crippen LogP contribution in [0.25, 0.3) is 0 Å². The summed E-state index contributed by atoms with van der Waals surface area (Å²) in [7, 11) is 1.59. The first-order chi connectivity index (χ1) is 10.8. The van der Waals surface area contributed by atoms with Gasteiger partial charge < -0.3 is 15.4 Å². The molecule has 0 amide bonds. The topological polar surface area (TPSA) is 58.5 Å². The Morgan fingerprint density at radius 2 is 1.96 bits per heavy atom. The molecule has 0 bridgehead atoms. The molecule has 0 aliphatic heterocycles. The van der Waals surface area contributed by atoms with E-state index in [2.05, 4.69) is 20.6 Å². The van der Waals surface area contributed by atoms with Gasteiger partial charge in [0.2, 0.25) is 0 Å². The zero-order valence-corrected chi connectivity index (χ0v) is 16.6. The average molecular weight is 460 g/mol. The second-order valence-corrected chi connectivity index (χ2v) is 5.03. The Labute approximate surface area is 157 Å². The lowest BCUT2D eigenvalue weighted by Gasteiger charge is -2.14. The summed E-state index contributed by atoms with van der Waals surface area (Å²) in [6.07, 6.45) is -3.40. The Hall–Kier alpha value is -1.26. The van der Waals surface area contributed by atoms with E-state index in [4.69, 9.17) is 4.74 Å². The molecule has 24 heavy (non-hydrogen) atoms. The van der Waals surface area contributed by atoms with Crippen molar-refractivity contribution >= 4 is 29.9 Å². The van der Waals surface area contributed by atoms with Gasteiger partial charge in [-0.3, -0.25) is 4.98 Å². The molecular formula is C15H24F3IN4O. The van der Waals surface area contributed by atoms with Gasteiger partial charge in [-0.05, 0) is 20.8 Å². The molecule has 0 aromatic carbocycles. The van der Waals surface area contributed by atoms with Gasteiger partial charge in [0.05, 0.1) is 25.8 Å². The van der Waals surface area contributed by atoms with Crippen molar-refractivity contribution in [1.82, 2.24) is 15.6 Å². The molecule has 1 aromatic heterocycles. The third-order valence-corrected chi connectivity index (χ3v) is 3.18. The fraction of sp³-hybridized carbons (Fsp3) is 0.600. The third-order valence-electron chi connectivity index (χ3n) is 3.18. The van der Waals surface area contributed by atoms with Gasteiger partial charge in [-0.2, -0.15) is 13.2 Å². The van der Waals surface area contributed by atoms with E-state index in [1.165, 1.54) is 0 Å². The summed E-state index contributed by atoms with van der Waals surface area (Å²) in [6.45, 7) is 6.21. The first kappa shape index (κ1) is 22.7. The van der Waals surface area contributed by atoms with E-state index in [0.29, 0.717) is 12.5 Å². The molecular weight excluding hydrogens is 436 g/mol. The highest BCUT2D eigenvalue weighted by Gasteiger charge is 2.26. The van der Waals surface area contributed by atoms with Gasteiger partial charge in [-0.25, -0.2) is 4.99 Å². The molecule has 9 heteroatoms. The van der Waals surface area contributed by atoms with Crippen molar-refractivity contribution < 1.29 is 17.9 Å². The number of rotatable bonds is 6. The highest BCUT2D eigenvalue weighted by molar-refractivity contribution is 14.0. The second-order valence-electron chi connectivity index (χ2n) is 5.03. The molecule has 138 valence electrons. The predicted octanol–water partition coefficient (Wildman–Crippen LogP) is 3.33. The number of hydrogen-bond acceptors (Lipinski definition) is 3. The lowest BCUT2D eigenvalue weighted by Crippen LogP contribution is -2.38. The van der Waals surface area contributed by atoms with E-state index >= 15 is 0 Å². The Morgan fingerprint density at radius 1 is 1.29 bits per heavy atom. The molecule has 1 heterocycles. The number of ether oxygens (including phenoxy) is 1. The van der Waals surface area contributed by atoms with Crippen LogP contribution < -0.4 is 15.4 Å². The molecule has 5 nitrogen and oxygen atoms in total. The van der Waals surface area contributed by atoms with Crippen LogP contribution in [0.3, 0.4) is 0 Å². The van der Waals surface area contributed by atoms with E-state index in [0.717, 1.165) is 22.6 Å². The summed E-state index contributed by atoms with van der Waals surface area (Å²) in [4.78, 5) is 8.59. The van der Waals surface area contributed by atoms with Crippen LogP contribution in [-0.4, -0.2) is 37.3 Å². The Morgan fingerprint density at radius 3 is 2.50 bits per heavy atom. The van der Waals surface area contributed by atoms with Crippen LogP contribution >= 0.6 is 24.0 Å². The van der Waals surface area contributed by atoms with Gasteiger partial charge in [-0.1, -0.05) is 0 Å². The molecule has 0 saturated carbocycles. The number of pyridine rings is 1. The number of aromatic nitrogens is 1. The summed E-state index contributed by atoms with van der Waals surface area (Å²) in [5, 5.41) is 5.58. The van der Waals surface area contributed by atoms with E-state index in [1.807, 2.05) is 20.8 Å². The molecule has 0 atom stereocenters. The minimum Gasteiger partial charge on any atom is -0.496 e. The van der Waals surface area contributed by atoms with E-state index in [-0.39, 0.29) is 37.1 Å². The number of aryl methyl sites for hydroxylation is 1. The number of halogens is 4. The van der Waals surface area contributed by atoms with Crippen molar-refractivity contribution in [2.45, 2.75) is 39.9 Å². The van der Waals surface area contributed by atoms with E-state index in [9.17, 15) is 13.2 Å². The van der Waals surface area contributed by atoms with Crippen molar-refractivity contribution in [2.75, 3.05) is 20.2 Å². The van der Waals surface area contributed by atoms with Gasteiger partial charge in [-0.15, -0.1) is 24.0 Å². The molecule has 0 unspecified atom stereocenters. The van der Waals surface area contributed by atoms with Crippen LogP contribution in [0.2, 0.25) is 0 Å². The van der Waals surface area contributed by atoms with Crippen molar-refractivity contribution in [3.8, 4) is 5.75 Å². The molecule has 0 aliphatic rings. The lowest BCUT2D eigenvalue weighted by atomic mass is 10.1. The number of guanidine groups is 1. The van der Waals surface area contributed by atoms with Crippen molar-refractivity contribution in [1.29, 1.82) is 0 Å². The molecule has 0 saturated heterocycles. The zero-order valence-electron chi connectivity index (χ0n) is 14.3. The van der Waals surface area contributed by atoms with Gasteiger partial charge >= 0.3 is 6.18 Å². The fourth-order valence-corrected chi connectivity index (χ4v) is 2.05. The fourth-order valence-electron chi connectivity index (χ4n) is 2.05. The number of methoxy groups -OCH3 is 1. The van der Waals surface area contributed by atoms with Crippen molar-refractivity contribution in [3.05, 3.63) is 23.0 Å². The molecule has 0 fully saturated rings. The van der Waals surface area contributed by atoms with Gasteiger partial charge in [0.1, 0.15) is 5.75 Å². The summed E-state index contributed by atoms with van der Waals surface area (Å²) >= 11 is 0. The van der Waals surface area contributed by atoms with Crippen molar-refractivity contribution in [2.24, 2.45) is 4.99 Å². The van der Waals surface area contributed by atoms with E-state index < -0.39 is 12.6 Å². The van der Waals surface area contributed by atoms with Crippen LogP contribution in [0, 0.1) is 13.8 Å². The standard InChI is InChI=1S/C15H23F3N4O.HI/c1-5-19-14(20-7-6-15(16,17)18)22-9-12-11(3)13(23-4)10(2)8-21-12;/h8H,5-7,9H2,1-4H3,(H2,19,20,22);1H. The normalized spacial score (nSPS) is 11.7. The predicted molar refractivity (Wildman–Crippen MR) is 99.2 cm³/mol. The summed E-state index contributed by atoms with van der Waals surface area (Å²) in [5.41, 5.74) is 2.52. The number of nitrogens with zero attached hydrogens (tertiary/aromatic N) is 2. The highest BCUT2D eigenvalue weighted by Crippen LogP contribution is 2.24. The van der Waals surface area contributed by atoms with Gasteiger partial charge in [0.25, 0.3) is 0 Å². The number of hydrogen-bond donors (Lipinski definition) is 2. The maximum atomic E-state index is 12.2. The van der Waals surface area contributed by atoms with Crippen molar-refractivity contribution in [3.63, 3.8) is 0 Å². The molecule has 0 spiro atoms. The highest BCUT2D eigenvalue weighted by atomic mass is 127. The quantitative estimate of drug-likeness (QED) is 0.389. The monoisotopic (exact) mass is 460 g/mol. The largest absolute Gasteiger partial charge is 0.496 e. The maximum absolute atomic E-state index is 12.2. The molecule has 0 aliphatic carbocycles. The van der Waals surface area contributed by atoms with Crippen LogP contribution in [0.4, 0.5) is 13.2 Å². The summed E-state index contributed by atoms with van der Waals surface area (Å²) in [6, 6.07) is 0. The summed E-state index contributed by atoms with van der Waals surface area (Å²) < 4.78 is 41.9. The Bertz CT molecular complexity index is 550. The first-order valence-corrected chi connectivity index (χ1v) is 7.36. The smallest absolute Gasteiger partial charge is 0.390 e. The summed E-state index contributed by atoms with van der Waals surface area (Å²) in [5.74, 6) is 1.08. The lowest BCUT2D eigenvalue weighted by molar-refractivity contribution is -0.132. The van der Waals surface area contributed by atoms with Crippen LogP contribution in [0.5, 0.6) is 5.75 Å². The second kappa shape index (κ2) is 10.6. The van der Waals surface area contributed by atoms with Crippen LogP contribution in [0.15, 0.2) is 11.2 Å². The Kier molecular flexibility index (Phi) is 10.0. The zero-order chi connectivity index (χ0) is 17.5. The number of aliphatic imine (C=N–C) groups is 1. The molecule has 1 aromatic rings.